The van der Waals surface area contributed by atoms with E-state index in [4.69, 9.17) is 10.5 Å². The smallest absolute Gasteiger partial charge is 0.340 e. The van der Waals surface area contributed by atoms with Gasteiger partial charge in [0.05, 0.1) is 16.8 Å². The van der Waals surface area contributed by atoms with Crippen LogP contribution in [-0.4, -0.2) is 46.9 Å². The molecule has 3 rings (SSSR count). The van der Waals surface area contributed by atoms with Crippen molar-refractivity contribution in [2.75, 3.05) is 13.2 Å². The molecular formula is C20H23N3O4. The number of hydrogen-bond donors (Lipinski definition) is 1. The number of carbonyl (C=O) groups excluding carboxylic acids is 3. The Hall–Kier alpha value is -2.96. The van der Waals surface area contributed by atoms with Gasteiger partial charge in [0.1, 0.15) is 6.04 Å². The highest BCUT2D eigenvalue weighted by molar-refractivity contribution is 5.99. The van der Waals surface area contributed by atoms with Gasteiger partial charge in [-0.3, -0.25) is 14.6 Å². The number of para-hydroxylation sites is 1. The number of aryl methyl sites for hydroxylation is 2. The predicted molar refractivity (Wildman–Crippen MR) is 100 cm³/mol. The van der Waals surface area contributed by atoms with Crippen molar-refractivity contribution in [3.63, 3.8) is 0 Å². The summed E-state index contributed by atoms with van der Waals surface area (Å²) >= 11 is 0. The second-order valence-electron chi connectivity index (χ2n) is 6.79. The normalized spacial score (nSPS) is 17.0. The van der Waals surface area contributed by atoms with Gasteiger partial charge in [0.2, 0.25) is 5.91 Å². The number of nitrogens with zero attached hydrogens (tertiary/aromatic N) is 2. The number of rotatable bonds is 4. The van der Waals surface area contributed by atoms with Gasteiger partial charge in [-0.25, -0.2) is 4.79 Å². The quantitative estimate of drug-likeness (QED) is 0.829. The fraction of sp³-hybridized carbons (Fsp3) is 0.400. The molecule has 7 heteroatoms. The van der Waals surface area contributed by atoms with E-state index in [2.05, 4.69) is 4.98 Å². The molecule has 1 atom stereocenters. The molecule has 1 aliphatic rings. The van der Waals surface area contributed by atoms with Crippen LogP contribution in [-0.2, 0) is 14.3 Å². The lowest BCUT2D eigenvalue weighted by atomic mass is 10.0. The van der Waals surface area contributed by atoms with Crippen LogP contribution in [0.5, 0.6) is 0 Å². The number of benzene rings is 1. The molecule has 1 saturated heterocycles. The maximum absolute atomic E-state index is 12.6. The number of hydrogen-bond acceptors (Lipinski definition) is 5. The minimum absolute atomic E-state index is 0.367. The summed E-state index contributed by atoms with van der Waals surface area (Å²) in [7, 11) is 0. The van der Waals surface area contributed by atoms with E-state index < -0.39 is 30.4 Å². The van der Waals surface area contributed by atoms with Crippen LogP contribution in [0.4, 0.5) is 0 Å². The zero-order chi connectivity index (χ0) is 19.6. The maximum Gasteiger partial charge on any atom is 0.340 e. The van der Waals surface area contributed by atoms with Crippen molar-refractivity contribution in [3.05, 3.63) is 41.1 Å². The van der Waals surface area contributed by atoms with Gasteiger partial charge in [-0.15, -0.1) is 0 Å². The Balaban J connectivity index is 1.75. The predicted octanol–water partition coefficient (Wildman–Crippen LogP) is 1.87. The van der Waals surface area contributed by atoms with Gasteiger partial charge in [0.15, 0.2) is 6.61 Å². The Morgan fingerprint density at radius 2 is 1.96 bits per heavy atom. The molecule has 1 aromatic heterocycles. The van der Waals surface area contributed by atoms with E-state index >= 15 is 0 Å². The molecule has 2 N–H and O–H groups in total. The summed E-state index contributed by atoms with van der Waals surface area (Å²) in [4.78, 5) is 42.5. The standard InChI is InChI=1S/C20H23N3O4/c1-12-14-7-3-4-8-15(14)22-13(2)18(12)20(26)27-11-17(24)23-10-6-5-9-16(23)19(21)25/h3-4,7-8,16H,5-6,9-11H2,1-2H3,(H2,21,25)/t16-/m0/s1. The van der Waals surface area contributed by atoms with Crippen molar-refractivity contribution in [2.45, 2.75) is 39.2 Å². The number of primary amides is 1. The molecule has 0 bridgehead atoms. The number of ether oxygens (including phenoxy) is 1. The Labute approximate surface area is 157 Å². The lowest BCUT2D eigenvalue weighted by Gasteiger charge is -2.33. The third kappa shape index (κ3) is 3.77. The lowest BCUT2D eigenvalue weighted by molar-refractivity contribution is -0.143. The van der Waals surface area contributed by atoms with E-state index in [-0.39, 0.29) is 0 Å². The molecule has 0 unspecified atom stereocenters. The minimum Gasteiger partial charge on any atom is -0.452 e. The fourth-order valence-electron chi connectivity index (χ4n) is 3.64. The van der Waals surface area contributed by atoms with Crippen LogP contribution in [0.2, 0.25) is 0 Å². The molecule has 0 radical (unpaired) electrons. The molecule has 7 nitrogen and oxygen atoms in total. The molecule has 142 valence electrons. The monoisotopic (exact) mass is 369 g/mol. The number of esters is 1. The highest BCUT2D eigenvalue weighted by atomic mass is 16.5. The summed E-state index contributed by atoms with van der Waals surface area (Å²) in [5.74, 6) is -1.53. The first-order chi connectivity index (χ1) is 12.9. The van der Waals surface area contributed by atoms with E-state index in [9.17, 15) is 14.4 Å². The number of likely N-dealkylation sites (tertiary alicyclic amines) is 1. The molecule has 2 heterocycles. The fourth-order valence-corrected chi connectivity index (χ4v) is 3.64. The summed E-state index contributed by atoms with van der Waals surface area (Å²) in [6, 6.07) is 6.92. The number of amides is 2. The van der Waals surface area contributed by atoms with Gasteiger partial charge in [0.25, 0.3) is 5.91 Å². The first-order valence-electron chi connectivity index (χ1n) is 9.02. The van der Waals surface area contributed by atoms with Crippen LogP contribution in [0.25, 0.3) is 10.9 Å². The third-order valence-electron chi connectivity index (χ3n) is 5.02. The Bertz CT molecular complexity index is 909. The summed E-state index contributed by atoms with van der Waals surface area (Å²) in [6.07, 6.45) is 2.19. The zero-order valence-corrected chi connectivity index (χ0v) is 15.5. The number of piperidine rings is 1. The first-order valence-corrected chi connectivity index (χ1v) is 9.02. The summed E-state index contributed by atoms with van der Waals surface area (Å²) in [6.45, 7) is 3.60. The van der Waals surface area contributed by atoms with Gasteiger partial charge >= 0.3 is 5.97 Å². The van der Waals surface area contributed by atoms with Gasteiger partial charge in [0, 0.05) is 11.9 Å². The van der Waals surface area contributed by atoms with Crippen LogP contribution in [0.1, 0.15) is 40.9 Å². The van der Waals surface area contributed by atoms with Gasteiger partial charge in [-0.2, -0.15) is 0 Å². The molecule has 0 aliphatic carbocycles. The number of carbonyl (C=O) groups is 3. The second-order valence-corrected chi connectivity index (χ2v) is 6.79. The van der Waals surface area contributed by atoms with Crippen molar-refractivity contribution in [1.82, 2.24) is 9.88 Å². The zero-order valence-electron chi connectivity index (χ0n) is 15.5. The van der Waals surface area contributed by atoms with E-state index in [1.807, 2.05) is 31.2 Å². The van der Waals surface area contributed by atoms with Crippen molar-refractivity contribution >= 4 is 28.7 Å². The van der Waals surface area contributed by atoms with Crippen LogP contribution in [0.15, 0.2) is 24.3 Å². The first kappa shape index (κ1) is 18.8. The van der Waals surface area contributed by atoms with Crippen LogP contribution < -0.4 is 5.73 Å². The van der Waals surface area contributed by atoms with Crippen molar-refractivity contribution in [3.8, 4) is 0 Å². The average Bonchev–Trinajstić information content (AvgIpc) is 2.66. The highest BCUT2D eigenvalue weighted by Crippen LogP contribution is 2.23. The van der Waals surface area contributed by atoms with Crippen LogP contribution in [0.3, 0.4) is 0 Å². The molecule has 0 spiro atoms. The number of aromatic nitrogens is 1. The molecule has 27 heavy (non-hydrogen) atoms. The molecule has 2 amide bonds. The average molecular weight is 369 g/mol. The molecular weight excluding hydrogens is 346 g/mol. The largest absolute Gasteiger partial charge is 0.452 e. The molecule has 2 aromatic rings. The highest BCUT2D eigenvalue weighted by Gasteiger charge is 2.31. The van der Waals surface area contributed by atoms with Crippen LogP contribution >= 0.6 is 0 Å². The Kier molecular flexibility index (Phi) is 5.39. The topological polar surface area (TPSA) is 103 Å². The van der Waals surface area contributed by atoms with Crippen molar-refractivity contribution in [1.29, 1.82) is 0 Å². The Morgan fingerprint density at radius 1 is 1.22 bits per heavy atom. The van der Waals surface area contributed by atoms with Crippen LogP contribution in [0, 0.1) is 13.8 Å². The van der Waals surface area contributed by atoms with E-state index in [0.717, 1.165) is 29.3 Å². The van der Waals surface area contributed by atoms with Gasteiger partial charge < -0.3 is 15.4 Å². The molecule has 1 aromatic carbocycles. The SMILES string of the molecule is Cc1nc2ccccc2c(C)c1C(=O)OCC(=O)N1CCCC[C@H]1C(N)=O. The van der Waals surface area contributed by atoms with Gasteiger partial charge in [-0.05, 0) is 44.7 Å². The van der Waals surface area contributed by atoms with E-state index in [1.165, 1.54) is 4.90 Å². The second kappa shape index (κ2) is 7.73. The number of pyridine rings is 1. The lowest BCUT2D eigenvalue weighted by Crippen LogP contribution is -2.51. The molecule has 1 aliphatic heterocycles. The minimum atomic E-state index is -0.629. The molecule has 1 fully saturated rings. The maximum atomic E-state index is 12.6. The summed E-state index contributed by atoms with van der Waals surface area (Å²) in [5, 5.41) is 0.867. The van der Waals surface area contributed by atoms with E-state index in [0.29, 0.717) is 24.2 Å². The van der Waals surface area contributed by atoms with Gasteiger partial charge in [-0.1, -0.05) is 18.2 Å². The van der Waals surface area contributed by atoms with E-state index in [1.54, 1.807) is 6.92 Å². The van der Waals surface area contributed by atoms with Crippen molar-refractivity contribution < 1.29 is 19.1 Å². The third-order valence-corrected chi connectivity index (χ3v) is 5.02. The number of nitrogens with two attached hydrogens (primary N) is 1. The molecule has 0 saturated carbocycles. The summed E-state index contributed by atoms with van der Waals surface area (Å²) < 4.78 is 5.26. The van der Waals surface area contributed by atoms with Crippen molar-refractivity contribution in [2.24, 2.45) is 5.73 Å². The summed E-state index contributed by atoms with van der Waals surface area (Å²) in [5.41, 5.74) is 7.88. The Morgan fingerprint density at radius 3 is 2.70 bits per heavy atom. The number of fused-ring (bicyclic) bond motifs is 1.